The highest BCUT2D eigenvalue weighted by molar-refractivity contribution is 5.79. The summed E-state index contributed by atoms with van der Waals surface area (Å²) in [5, 5.41) is 10.6. The van der Waals surface area contributed by atoms with E-state index in [2.05, 4.69) is 44.0 Å². The zero-order chi connectivity index (χ0) is 21.2. The first-order valence-corrected chi connectivity index (χ1v) is 10.2. The predicted octanol–water partition coefficient (Wildman–Crippen LogP) is 3.26. The van der Waals surface area contributed by atoms with E-state index in [1.165, 1.54) is 11.1 Å². The number of methoxy groups -OCH3 is 1. The van der Waals surface area contributed by atoms with E-state index >= 15 is 0 Å². The van der Waals surface area contributed by atoms with Gasteiger partial charge in [0.2, 0.25) is 0 Å². The molecule has 0 aliphatic carbocycles. The molecule has 30 heavy (non-hydrogen) atoms. The third-order valence-electron chi connectivity index (χ3n) is 4.79. The standard InChI is InChI=1S/C23H29N5O2/c1-4-21-27-22(30-28-21)19-11-9-17(10-12-19)13-15-25-23(24-2)26-16-14-18-7-5-6-8-20(18)29-3/h5-12H,4,13-16H2,1-3H3,(H2,24,25,26). The van der Waals surface area contributed by atoms with Gasteiger partial charge in [0.15, 0.2) is 11.8 Å². The Hall–Kier alpha value is -3.35. The van der Waals surface area contributed by atoms with Crippen molar-refractivity contribution in [1.29, 1.82) is 0 Å². The predicted molar refractivity (Wildman–Crippen MR) is 119 cm³/mol. The van der Waals surface area contributed by atoms with Crippen molar-refractivity contribution < 1.29 is 9.26 Å². The number of hydrogen-bond acceptors (Lipinski definition) is 5. The van der Waals surface area contributed by atoms with E-state index < -0.39 is 0 Å². The average Bonchev–Trinajstić information content (AvgIpc) is 3.28. The fourth-order valence-corrected chi connectivity index (χ4v) is 3.10. The maximum Gasteiger partial charge on any atom is 0.257 e. The molecule has 0 fully saturated rings. The summed E-state index contributed by atoms with van der Waals surface area (Å²) in [6.45, 7) is 3.57. The van der Waals surface area contributed by atoms with E-state index in [1.807, 2.05) is 37.3 Å². The minimum Gasteiger partial charge on any atom is -0.496 e. The van der Waals surface area contributed by atoms with Crippen molar-refractivity contribution in [2.45, 2.75) is 26.2 Å². The fraction of sp³-hybridized carbons (Fsp3) is 0.348. The van der Waals surface area contributed by atoms with Crippen LogP contribution in [0.1, 0.15) is 23.9 Å². The third-order valence-corrected chi connectivity index (χ3v) is 4.79. The highest BCUT2D eigenvalue weighted by Gasteiger charge is 2.07. The monoisotopic (exact) mass is 407 g/mol. The molecule has 158 valence electrons. The zero-order valence-corrected chi connectivity index (χ0v) is 17.8. The Labute approximate surface area is 177 Å². The summed E-state index contributed by atoms with van der Waals surface area (Å²) in [7, 11) is 3.48. The van der Waals surface area contributed by atoms with Crippen LogP contribution < -0.4 is 15.4 Å². The number of hydrogen-bond donors (Lipinski definition) is 2. The van der Waals surface area contributed by atoms with Crippen LogP contribution in [0.3, 0.4) is 0 Å². The molecule has 0 radical (unpaired) electrons. The van der Waals surface area contributed by atoms with Crippen molar-refractivity contribution in [1.82, 2.24) is 20.8 Å². The molecule has 0 saturated heterocycles. The number of guanidine groups is 1. The van der Waals surface area contributed by atoms with Gasteiger partial charge in [-0.1, -0.05) is 42.4 Å². The molecule has 0 aliphatic heterocycles. The molecule has 0 spiro atoms. The topological polar surface area (TPSA) is 84.6 Å². The van der Waals surface area contributed by atoms with E-state index in [9.17, 15) is 0 Å². The number of ether oxygens (including phenoxy) is 1. The highest BCUT2D eigenvalue weighted by atomic mass is 16.5. The summed E-state index contributed by atoms with van der Waals surface area (Å²) in [6, 6.07) is 16.3. The van der Waals surface area contributed by atoms with Crippen molar-refractivity contribution in [3.05, 3.63) is 65.5 Å². The molecule has 7 heteroatoms. The smallest absolute Gasteiger partial charge is 0.257 e. The van der Waals surface area contributed by atoms with Gasteiger partial charge in [0.1, 0.15) is 5.75 Å². The van der Waals surface area contributed by atoms with Crippen LogP contribution in [0.5, 0.6) is 5.75 Å². The number of aromatic nitrogens is 2. The van der Waals surface area contributed by atoms with Crippen LogP contribution in [0.15, 0.2) is 58.0 Å². The van der Waals surface area contributed by atoms with Crippen molar-refractivity contribution in [2.75, 3.05) is 27.2 Å². The first-order valence-electron chi connectivity index (χ1n) is 10.2. The summed E-state index contributed by atoms with van der Waals surface area (Å²) in [5.74, 6) is 3.00. The number of aryl methyl sites for hydroxylation is 1. The number of nitrogens with zero attached hydrogens (tertiary/aromatic N) is 3. The lowest BCUT2D eigenvalue weighted by atomic mass is 10.1. The molecular weight excluding hydrogens is 378 g/mol. The van der Waals surface area contributed by atoms with Gasteiger partial charge < -0.3 is 19.9 Å². The van der Waals surface area contributed by atoms with Gasteiger partial charge in [-0.05, 0) is 42.2 Å². The van der Waals surface area contributed by atoms with E-state index in [-0.39, 0.29) is 0 Å². The molecule has 1 aromatic heterocycles. The van der Waals surface area contributed by atoms with Crippen LogP contribution in [0.25, 0.3) is 11.5 Å². The SMILES string of the molecule is CCc1noc(-c2ccc(CCNC(=NC)NCCc3ccccc3OC)cc2)n1. The van der Waals surface area contributed by atoms with Gasteiger partial charge in [0.05, 0.1) is 7.11 Å². The maximum absolute atomic E-state index is 5.40. The first-order chi connectivity index (χ1) is 14.7. The van der Waals surface area contributed by atoms with Crippen LogP contribution >= 0.6 is 0 Å². The number of benzene rings is 2. The molecule has 7 nitrogen and oxygen atoms in total. The Morgan fingerprint density at radius 3 is 2.43 bits per heavy atom. The Balaban J connectivity index is 1.43. The Bertz CT molecular complexity index is 950. The molecule has 0 unspecified atom stereocenters. The van der Waals surface area contributed by atoms with Gasteiger partial charge in [0, 0.05) is 32.1 Å². The number of rotatable bonds is 9. The maximum atomic E-state index is 5.40. The van der Waals surface area contributed by atoms with E-state index in [1.54, 1.807) is 14.2 Å². The molecule has 0 saturated carbocycles. The largest absolute Gasteiger partial charge is 0.496 e. The van der Waals surface area contributed by atoms with Crippen LogP contribution in [-0.2, 0) is 19.3 Å². The minimum atomic E-state index is 0.566. The molecule has 0 amide bonds. The van der Waals surface area contributed by atoms with Gasteiger partial charge in [-0.3, -0.25) is 4.99 Å². The van der Waals surface area contributed by atoms with E-state index in [0.29, 0.717) is 5.89 Å². The fourth-order valence-electron chi connectivity index (χ4n) is 3.10. The minimum absolute atomic E-state index is 0.566. The molecule has 0 atom stereocenters. The third kappa shape index (κ3) is 5.83. The number of aliphatic imine (C=N–C) groups is 1. The second-order valence-corrected chi connectivity index (χ2v) is 6.80. The highest BCUT2D eigenvalue weighted by Crippen LogP contribution is 2.18. The Morgan fingerprint density at radius 1 is 1.03 bits per heavy atom. The van der Waals surface area contributed by atoms with Crippen molar-refractivity contribution in [3.8, 4) is 17.2 Å². The summed E-state index contributed by atoms with van der Waals surface area (Å²) in [6.07, 6.45) is 2.51. The van der Waals surface area contributed by atoms with Crippen LogP contribution in [0.4, 0.5) is 0 Å². The van der Waals surface area contributed by atoms with Gasteiger partial charge in [-0.15, -0.1) is 0 Å². The van der Waals surface area contributed by atoms with Crippen LogP contribution in [0.2, 0.25) is 0 Å². The molecule has 3 aromatic rings. The number of nitrogens with one attached hydrogen (secondary N) is 2. The molecule has 3 rings (SSSR count). The van der Waals surface area contributed by atoms with E-state index in [0.717, 1.165) is 55.4 Å². The van der Waals surface area contributed by atoms with Crippen molar-refractivity contribution in [2.24, 2.45) is 4.99 Å². The van der Waals surface area contributed by atoms with Crippen LogP contribution in [-0.4, -0.2) is 43.3 Å². The average molecular weight is 408 g/mol. The number of para-hydroxylation sites is 1. The van der Waals surface area contributed by atoms with Gasteiger partial charge in [-0.2, -0.15) is 4.98 Å². The molecule has 0 aliphatic rings. The summed E-state index contributed by atoms with van der Waals surface area (Å²) < 4.78 is 10.7. The lowest BCUT2D eigenvalue weighted by molar-refractivity contribution is 0.409. The van der Waals surface area contributed by atoms with Crippen molar-refractivity contribution in [3.63, 3.8) is 0 Å². The molecule has 2 aromatic carbocycles. The lowest BCUT2D eigenvalue weighted by Gasteiger charge is -2.13. The Morgan fingerprint density at radius 2 is 1.77 bits per heavy atom. The zero-order valence-electron chi connectivity index (χ0n) is 17.8. The lowest BCUT2D eigenvalue weighted by Crippen LogP contribution is -2.39. The van der Waals surface area contributed by atoms with Gasteiger partial charge in [0.25, 0.3) is 5.89 Å². The normalized spacial score (nSPS) is 11.4. The second kappa shape index (κ2) is 11.0. The summed E-state index contributed by atoms with van der Waals surface area (Å²) in [5.41, 5.74) is 3.34. The summed E-state index contributed by atoms with van der Waals surface area (Å²) >= 11 is 0. The van der Waals surface area contributed by atoms with E-state index in [4.69, 9.17) is 9.26 Å². The molecule has 1 heterocycles. The van der Waals surface area contributed by atoms with Crippen LogP contribution in [0, 0.1) is 0 Å². The first kappa shape index (κ1) is 21.4. The van der Waals surface area contributed by atoms with Gasteiger partial charge >= 0.3 is 0 Å². The molecular formula is C23H29N5O2. The molecule has 0 bridgehead atoms. The Kier molecular flexibility index (Phi) is 7.83. The van der Waals surface area contributed by atoms with Gasteiger partial charge in [-0.25, -0.2) is 0 Å². The van der Waals surface area contributed by atoms with Crippen molar-refractivity contribution >= 4 is 5.96 Å². The molecule has 2 N–H and O–H groups in total. The summed E-state index contributed by atoms with van der Waals surface area (Å²) in [4.78, 5) is 8.66. The second-order valence-electron chi connectivity index (χ2n) is 6.80. The quantitative estimate of drug-likeness (QED) is 0.418.